The van der Waals surface area contributed by atoms with Crippen molar-refractivity contribution in [3.05, 3.63) is 59.9 Å². The molecule has 4 nitrogen and oxygen atoms in total. The van der Waals surface area contributed by atoms with Gasteiger partial charge in [0.1, 0.15) is 0 Å². The van der Waals surface area contributed by atoms with Crippen LogP contribution in [0.2, 0.25) is 0 Å². The zero-order valence-corrected chi connectivity index (χ0v) is 13.6. The fourth-order valence-corrected chi connectivity index (χ4v) is 2.22. The maximum Gasteiger partial charge on any atom is 0.226 e. The highest BCUT2D eigenvalue weighted by Crippen LogP contribution is 2.21. The van der Waals surface area contributed by atoms with Crippen LogP contribution < -0.4 is 11.1 Å². The Kier molecular flexibility index (Phi) is 6.86. The Morgan fingerprint density at radius 2 is 1.86 bits per heavy atom. The van der Waals surface area contributed by atoms with E-state index in [0.29, 0.717) is 11.6 Å². The predicted octanol–water partition coefficient (Wildman–Crippen LogP) is 3.14. The largest absolute Gasteiger partial charge is 0.397 e. The molecule has 0 radical (unpaired) electrons. The molecule has 0 fully saturated rings. The predicted molar refractivity (Wildman–Crippen MR) is 91.8 cm³/mol. The van der Waals surface area contributed by atoms with Crippen molar-refractivity contribution in [1.82, 2.24) is 10.3 Å². The molecule has 1 unspecified atom stereocenters. The minimum Gasteiger partial charge on any atom is -0.397 e. The number of nitrogens with two attached hydrogens (primary N) is 1. The van der Waals surface area contributed by atoms with Gasteiger partial charge in [-0.15, -0.1) is 12.4 Å². The molecule has 0 spiro atoms. The highest BCUT2D eigenvalue weighted by atomic mass is 35.5. The molecule has 0 saturated heterocycles. The lowest BCUT2D eigenvalue weighted by Crippen LogP contribution is -2.33. The van der Waals surface area contributed by atoms with Crippen molar-refractivity contribution < 1.29 is 4.79 Å². The Morgan fingerprint density at radius 3 is 2.41 bits per heavy atom. The summed E-state index contributed by atoms with van der Waals surface area (Å²) in [6.45, 7) is 4.19. The molecular formula is C17H22ClN3O. The molecule has 2 rings (SSSR count). The standard InChI is InChI=1S/C17H21N3O.ClH/c1-12(2)17(13-6-4-3-5-7-13)20-16(21)10-15-9-8-14(18)11-19-15;/h3-9,11-12,17H,10,18H2,1-2H3,(H,20,21);1H. The van der Waals surface area contributed by atoms with Crippen molar-refractivity contribution in [2.45, 2.75) is 26.3 Å². The lowest BCUT2D eigenvalue weighted by molar-refractivity contribution is -0.121. The SMILES string of the molecule is CC(C)C(NC(=O)Cc1ccc(N)cn1)c1ccccc1.Cl. The van der Waals surface area contributed by atoms with E-state index in [1.807, 2.05) is 30.3 Å². The van der Waals surface area contributed by atoms with Crippen molar-refractivity contribution in [2.24, 2.45) is 5.92 Å². The Hall–Kier alpha value is -2.07. The van der Waals surface area contributed by atoms with Crippen molar-refractivity contribution in [1.29, 1.82) is 0 Å². The fraction of sp³-hybridized carbons (Fsp3) is 0.294. The topological polar surface area (TPSA) is 68.0 Å². The highest BCUT2D eigenvalue weighted by molar-refractivity contribution is 5.85. The lowest BCUT2D eigenvalue weighted by Gasteiger charge is -2.23. The Balaban J connectivity index is 0.00000242. The number of hydrogen-bond acceptors (Lipinski definition) is 3. The molecule has 0 aliphatic heterocycles. The Bertz CT molecular complexity index is 585. The van der Waals surface area contributed by atoms with Crippen molar-refractivity contribution in [3.8, 4) is 0 Å². The van der Waals surface area contributed by atoms with Gasteiger partial charge < -0.3 is 11.1 Å². The van der Waals surface area contributed by atoms with Gasteiger partial charge in [0.2, 0.25) is 5.91 Å². The van der Waals surface area contributed by atoms with Gasteiger partial charge in [-0.3, -0.25) is 9.78 Å². The summed E-state index contributed by atoms with van der Waals surface area (Å²) in [7, 11) is 0. The fourth-order valence-electron chi connectivity index (χ4n) is 2.22. The van der Waals surface area contributed by atoms with Crippen LogP contribution in [-0.4, -0.2) is 10.9 Å². The van der Waals surface area contributed by atoms with E-state index >= 15 is 0 Å². The first-order chi connectivity index (χ1) is 10.1. The summed E-state index contributed by atoms with van der Waals surface area (Å²) >= 11 is 0. The molecule has 1 aromatic carbocycles. The van der Waals surface area contributed by atoms with Gasteiger partial charge in [-0.25, -0.2) is 0 Å². The van der Waals surface area contributed by atoms with Gasteiger partial charge in [0.15, 0.2) is 0 Å². The van der Waals surface area contributed by atoms with Crippen molar-refractivity contribution in [3.63, 3.8) is 0 Å². The van der Waals surface area contributed by atoms with E-state index in [1.54, 1.807) is 18.3 Å². The van der Waals surface area contributed by atoms with Gasteiger partial charge in [0, 0.05) is 5.69 Å². The van der Waals surface area contributed by atoms with Crippen LogP contribution in [0.1, 0.15) is 31.1 Å². The summed E-state index contributed by atoms with van der Waals surface area (Å²) < 4.78 is 0. The number of amides is 1. The summed E-state index contributed by atoms with van der Waals surface area (Å²) in [5.74, 6) is 0.283. The van der Waals surface area contributed by atoms with Gasteiger partial charge in [-0.05, 0) is 23.6 Å². The maximum absolute atomic E-state index is 12.2. The first kappa shape index (κ1) is 18.0. The second kappa shape index (κ2) is 8.39. The Labute approximate surface area is 137 Å². The van der Waals surface area contributed by atoms with Crippen LogP contribution in [0.15, 0.2) is 48.7 Å². The normalized spacial score (nSPS) is 11.6. The number of rotatable bonds is 5. The summed E-state index contributed by atoms with van der Waals surface area (Å²) in [6, 6.07) is 13.6. The number of nitrogen functional groups attached to an aromatic ring is 1. The summed E-state index contributed by atoms with van der Waals surface area (Å²) in [6.07, 6.45) is 1.83. The number of hydrogen-bond donors (Lipinski definition) is 2. The van der Waals surface area contributed by atoms with E-state index in [1.165, 1.54) is 0 Å². The number of pyridine rings is 1. The van der Waals surface area contributed by atoms with E-state index in [-0.39, 0.29) is 30.8 Å². The molecule has 118 valence electrons. The molecule has 0 bridgehead atoms. The molecule has 1 amide bonds. The summed E-state index contributed by atoms with van der Waals surface area (Å²) in [5.41, 5.74) is 8.03. The molecule has 22 heavy (non-hydrogen) atoms. The molecule has 0 saturated carbocycles. The van der Waals surface area contributed by atoms with Crippen molar-refractivity contribution in [2.75, 3.05) is 5.73 Å². The van der Waals surface area contributed by atoms with E-state index in [9.17, 15) is 4.79 Å². The van der Waals surface area contributed by atoms with Crippen LogP contribution in [0.25, 0.3) is 0 Å². The minimum atomic E-state index is -0.0326. The first-order valence-corrected chi connectivity index (χ1v) is 7.11. The van der Waals surface area contributed by atoms with Crippen LogP contribution in [0.4, 0.5) is 5.69 Å². The number of carbonyl (C=O) groups excluding carboxylic acids is 1. The third-order valence-electron chi connectivity index (χ3n) is 3.33. The van der Waals surface area contributed by atoms with E-state index in [2.05, 4.69) is 24.1 Å². The van der Waals surface area contributed by atoms with E-state index in [0.717, 1.165) is 11.3 Å². The number of halogens is 1. The van der Waals surface area contributed by atoms with Gasteiger partial charge in [-0.1, -0.05) is 44.2 Å². The molecule has 5 heteroatoms. The third-order valence-corrected chi connectivity index (χ3v) is 3.33. The molecule has 1 aromatic heterocycles. The van der Waals surface area contributed by atoms with E-state index in [4.69, 9.17) is 5.73 Å². The van der Waals surface area contributed by atoms with E-state index < -0.39 is 0 Å². The van der Waals surface area contributed by atoms with Gasteiger partial charge >= 0.3 is 0 Å². The number of aromatic nitrogens is 1. The zero-order valence-electron chi connectivity index (χ0n) is 12.8. The average Bonchev–Trinajstić information content (AvgIpc) is 2.48. The van der Waals surface area contributed by atoms with Gasteiger partial charge in [0.25, 0.3) is 0 Å². The highest BCUT2D eigenvalue weighted by Gasteiger charge is 2.18. The molecule has 3 N–H and O–H groups in total. The van der Waals surface area contributed by atoms with Crippen LogP contribution in [0.3, 0.4) is 0 Å². The number of anilines is 1. The lowest BCUT2D eigenvalue weighted by atomic mass is 9.96. The van der Waals surface area contributed by atoms with Crippen LogP contribution in [0.5, 0.6) is 0 Å². The number of carbonyl (C=O) groups is 1. The average molecular weight is 320 g/mol. The third kappa shape index (κ3) is 5.04. The first-order valence-electron chi connectivity index (χ1n) is 7.11. The van der Waals surface area contributed by atoms with Gasteiger partial charge in [0.05, 0.1) is 24.3 Å². The minimum absolute atomic E-state index is 0. The Morgan fingerprint density at radius 1 is 1.18 bits per heavy atom. The number of nitrogens with one attached hydrogen (secondary N) is 1. The van der Waals surface area contributed by atoms with Crippen LogP contribution in [-0.2, 0) is 11.2 Å². The molecule has 2 aromatic rings. The summed E-state index contributed by atoms with van der Waals surface area (Å²) in [5, 5.41) is 3.09. The molecule has 0 aliphatic rings. The molecule has 0 aliphatic carbocycles. The second-order valence-electron chi connectivity index (χ2n) is 5.46. The maximum atomic E-state index is 12.2. The van der Waals surface area contributed by atoms with Crippen LogP contribution >= 0.6 is 12.4 Å². The van der Waals surface area contributed by atoms with Crippen molar-refractivity contribution >= 4 is 24.0 Å². The zero-order chi connectivity index (χ0) is 15.2. The number of benzene rings is 1. The molecular weight excluding hydrogens is 298 g/mol. The molecule has 1 heterocycles. The smallest absolute Gasteiger partial charge is 0.226 e. The number of nitrogens with zero attached hydrogens (tertiary/aromatic N) is 1. The molecule has 1 atom stereocenters. The monoisotopic (exact) mass is 319 g/mol. The second-order valence-corrected chi connectivity index (χ2v) is 5.46. The van der Waals surface area contributed by atoms with Gasteiger partial charge in [-0.2, -0.15) is 0 Å². The quantitative estimate of drug-likeness (QED) is 0.889. The summed E-state index contributed by atoms with van der Waals surface area (Å²) in [4.78, 5) is 16.4. The van der Waals surface area contributed by atoms with Crippen LogP contribution in [0, 0.1) is 5.92 Å².